The third-order valence-electron chi connectivity index (χ3n) is 5.38. The Morgan fingerprint density at radius 2 is 1.54 bits per heavy atom. The number of carbonyl (C=O) groups is 2. The summed E-state index contributed by atoms with van der Waals surface area (Å²) in [4.78, 5) is 30.9. The molecule has 2 amide bonds. The maximum Gasteiger partial charge on any atom is 0.260 e. The number of amides is 2. The van der Waals surface area contributed by atoms with Gasteiger partial charge in [0, 0.05) is 38.4 Å². The summed E-state index contributed by atoms with van der Waals surface area (Å²) in [5.74, 6) is 0.825. The Morgan fingerprint density at radius 3 is 2.32 bits per heavy atom. The number of nitrogens with zero attached hydrogens (tertiary/aromatic N) is 3. The SMILES string of the molecule is O=C(COc1ccccc1)N1CCN(CC(=O)N2CCc3ccccc32)CC1. The molecular formula is C22H25N3O3. The summed E-state index contributed by atoms with van der Waals surface area (Å²) < 4.78 is 5.55. The van der Waals surface area contributed by atoms with E-state index in [1.54, 1.807) is 0 Å². The van der Waals surface area contributed by atoms with E-state index in [0.29, 0.717) is 38.5 Å². The Morgan fingerprint density at radius 1 is 0.821 bits per heavy atom. The van der Waals surface area contributed by atoms with Gasteiger partial charge in [-0.3, -0.25) is 14.5 Å². The average Bonchev–Trinajstić information content (AvgIpc) is 3.18. The second-order valence-electron chi connectivity index (χ2n) is 7.18. The number of carbonyl (C=O) groups excluding carboxylic acids is 2. The molecule has 146 valence electrons. The smallest absolute Gasteiger partial charge is 0.260 e. The van der Waals surface area contributed by atoms with Gasteiger partial charge in [-0.25, -0.2) is 0 Å². The molecule has 2 heterocycles. The van der Waals surface area contributed by atoms with Gasteiger partial charge in [0.25, 0.3) is 5.91 Å². The van der Waals surface area contributed by atoms with Crippen LogP contribution in [0.25, 0.3) is 0 Å². The molecule has 1 saturated heterocycles. The van der Waals surface area contributed by atoms with Gasteiger partial charge in [0.2, 0.25) is 5.91 Å². The fourth-order valence-electron chi connectivity index (χ4n) is 3.78. The van der Waals surface area contributed by atoms with Crippen molar-refractivity contribution in [2.75, 3.05) is 50.8 Å². The first-order chi connectivity index (χ1) is 13.7. The van der Waals surface area contributed by atoms with Crippen LogP contribution in [0.4, 0.5) is 5.69 Å². The van der Waals surface area contributed by atoms with E-state index in [9.17, 15) is 9.59 Å². The summed E-state index contributed by atoms with van der Waals surface area (Å²) in [5.41, 5.74) is 2.28. The van der Waals surface area contributed by atoms with Crippen molar-refractivity contribution < 1.29 is 14.3 Å². The van der Waals surface area contributed by atoms with Crippen LogP contribution in [-0.2, 0) is 16.0 Å². The van der Waals surface area contributed by atoms with Crippen molar-refractivity contribution in [1.82, 2.24) is 9.80 Å². The van der Waals surface area contributed by atoms with E-state index in [-0.39, 0.29) is 18.4 Å². The molecule has 0 spiro atoms. The molecule has 0 unspecified atom stereocenters. The Balaban J connectivity index is 1.23. The molecular weight excluding hydrogens is 354 g/mol. The fourth-order valence-corrected chi connectivity index (χ4v) is 3.78. The fraction of sp³-hybridized carbons (Fsp3) is 0.364. The van der Waals surface area contributed by atoms with E-state index in [1.165, 1.54) is 5.56 Å². The normalized spacial score (nSPS) is 16.7. The van der Waals surface area contributed by atoms with Crippen molar-refractivity contribution in [2.24, 2.45) is 0 Å². The summed E-state index contributed by atoms with van der Waals surface area (Å²) in [6, 6.07) is 17.5. The lowest BCUT2D eigenvalue weighted by Gasteiger charge is -2.35. The predicted molar refractivity (Wildman–Crippen MR) is 107 cm³/mol. The molecule has 0 bridgehead atoms. The molecule has 6 heteroatoms. The van der Waals surface area contributed by atoms with Crippen LogP contribution in [-0.4, -0.2) is 67.5 Å². The monoisotopic (exact) mass is 379 g/mol. The van der Waals surface area contributed by atoms with E-state index in [2.05, 4.69) is 11.0 Å². The molecule has 2 aliphatic rings. The highest BCUT2D eigenvalue weighted by molar-refractivity contribution is 5.96. The average molecular weight is 379 g/mol. The van der Waals surface area contributed by atoms with Crippen LogP contribution in [0, 0.1) is 0 Å². The van der Waals surface area contributed by atoms with Gasteiger partial charge in [0.05, 0.1) is 6.54 Å². The lowest BCUT2D eigenvalue weighted by molar-refractivity contribution is -0.135. The van der Waals surface area contributed by atoms with Gasteiger partial charge < -0.3 is 14.5 Å². The van der Waals surface area contributed by atoms with Crippen LogP contribution in [0.3, 0.4) is 0 Å². The van der Waals surface area contributed by atoms with E-state index in [4.69, 9.17) is 4.74 Å². The van der Waals surface area contributed by atoms with E-state index < -0.39 is 0 Å². The van der Waals surface area contributed by atoms with Crippen LogP contribution < -0.4 is 9.64 Å². The van der Waals surface area contributed by atoms with Crippen molar-refractivity contribution in [3.05, 3.63) is 60.2 Å². The zero-order chi connectivity index (χ0) is 19.3. The molecule has 0 atom stereocenters. The van der Waals surface area contributed by atoms with Gasteiger partial charge in [-0.05, 0) is 30.2 Å². The van der Waals surface area contributed by atoms with E-state index in [1.807, 2.05) is 58.3 Å². The maximum absolute atomic E-state index is 12.7. The minimum atomic E-state index is -0.0108. The number of para-hydroxylation sites is 2. The van der Waals surface area contributed by atoms with Crippen molar-refractivity contribution in [2.45, 2.75) is 6.42 Å². The van der Waals surface area contributed by atoms with Crippen molar-refractivity contribution in [3.63, 3.8) is 0 Å². The lowest BCUT2D eigenvalue weighted by Crippen LogP contribution is -2.52. The van der Waals surface area contributed by atoms with Gasteiger partial charge in [-0.15, -0.1) is 0 Å². The molecule has 0 saturated carbocycles. The Labute approximate surface area is 165 Å². The minimum Gasteiger partial charge on any atom is -0.484 e. The third-order valence-corrected chi connectivity index (χ3v) is 5.38. The Bertz CT molecular complexity index is 832. The van der Waals surface area contributed by atoms with E-state index in [0.717, 1.165) is 18.7 Å². The summed E-state index contributed by atoms with van der Waals surface area (Å²) in [6.45, 7) is 3.87. The summed E-state index contributed by atoms with van der Waals surface area (Å²) in [5, 5.41) is 0. The number of piperazine rings is 1. The first-order valence-electron chi connectivity index (χ1n) is 9.77. The van der Waals surface area contributed by atoms with Crippen molar-refractivity contribution in [3.8, 4) is 5.75 Å². The largest absolute Gasteiger partial charge is 0.484 e. The molecule has 2 aromatic rings. The van der Waals surface area contributed by atoms with Crippen LogP contribution >= 0.6 is 0 Å². The molecule has 0 aromatic heterocycles. The highest BCUT2D eigenvalue weighted by Gasteiger charge is 2.27. The van der Waals surface area contributed by atoms with Crippen LogP contribution in [0.5, 0.6) is 5.75 Å². The number of hydrogen-bond donors (Lipinski definition) is 0. The number of rotatable bonds is 5. The molecule has 0 aliphatic carbocycles. The summed E-state index contributed by atoms with van der Waals surface area (Å²) >= 11 is 0. The minimum absolute atomic E-state index is 0.0108. The van der Waals surface area contributed by atoms with Crippen molar-refractivity contribution >= 4 is 17.5 Å². The molecule has 0 N–H and O–H groups in total. The molecule has 0 radical (unpaired) electrons. The van der Waals surface area contributed by atoms with Gasteiger partial charge >= 0.3 is 0 Å². The number of hydrogen-bond acceptors (Lipinski definition) is 4. The maximum atomic E-state index is 12.7. The predicted octanol–water partition coefficient (Wildman–Crippen LogP) is 1.80. The molecule has 2 aromatic carbocycles. The second kappa shape index (κ2) is 8.44. The van der Waals surface area contributed by atoms with E-state index >= 15 is 0 Å². The topological polar surface area (TPSA) is 53.1 Å². The quantitative estimate of drug-likeness (QED) is 0.795. The number of ether oxygens (including phenoxy) is 1. The van der Waals surface area contributed by atoms with Gasteiger partial charge in [-0.2, -0.15) is 0 Å². The molecule has 6 nitrogen and oxygen atoms in total. The van der Waals surface area contributed by atoms with Crippen LogP contribution in [0.15, 0.2) is 54.6 Å². The highest BCUT2D eigenvalue weighted by atomic mass is 16.5. The zero-order valence-electron chi connectivity index (χ0n) is 15.9. The van der Waals surface area contributed by atoms with Gasteiger partial charge in [-0.1, -0.05) is 36.4 Å². The molecule has 28 heavy (non-hydrogen) atoms. The molecule has 4 rings (SSSR count). The van der Waals surface area contributed by atoms with Gasteiger partial charge in [0.1, 0.15) is 5.75 Å². The number of benzene rings is 2. The summed E-state index contributed by atoms with van der Waals surface area (Å²) in [7, 11) is 0. The Kier molecular flexibility index (Phi) is 5.58. The van der Waals surface area contributed by atoms with Crippen LogP contribution in [0.1, 0.15) is 5.56 Å². The second-order valence-corrected chi connectivity index (χ2v) is 7.18. The standard InChI is InChI=1S/C22H25N3O3/c26-21(25-11-10-18-6-4-5-9-20(18)25)16-23-12-14-24(15-13-23)22(27)17-28-19-7-2-1-3-8-19/h1-9H,10-17H2. The zero-order valence-corrected chi connectivity index (χ0v) is 15.9. The first-order valence-corrected chi connectivity index (χ1v) is 9.77. The third kappa shape index (κ3) is 4.17. The Hall–Kier alpha value is -2.86. The highest BCUT2D eigenvalue weighted by Crippen LogP contribution is 2.27. The van der Waals surface area contributed by atoms with Gasteiger partial charge in [0.15, 0.2) is 6.61 Å². The lowest BCUT2D eigenvalue weighted by atomic mass is 10.2. The molecule has 2 aliphatic heterocycles. The van der Waals surface area contributed by atoms with Crippen molar-refractivity contribution in [1.29, 1.82) is 0 Å². The van der Waals surface area contributed by atoms with Crippen LogP contribution in [0.2, 0.25) is 0 Å². The summed E-state index contributed by atoms with van der Waals surface area (Å²) in [6.07, 6.45) is 0.922. The number of anilines is 1. The number of fused-ring (bicyclic) bond motifs is 1. The molecule has 1 fully saturated rings. The first kappa shape index (κ1) is 18.5.